The molecule has 1 atom stereocenters. The largest absolute Gasteiger partial charge is 0.509 e. The van der Waals surface area contributed by atoms with Gasteiger partial charge in [0.25, 0.3) is 0 Å². The number of carbonyl (C=O) groups is 3. The van der Waals surface area contributed by atoms with Crippen LogP contribution in [0.15, 0.2) is 24.3 Å². The molecule has 4 rings (SSSR count). The summed E-state index contributed by atoms with van der Waals surface area (Å²) in [5.74, 6) is -1.13. The van der Waals surface area contributed by atoms with E-state index in [1.807, 2.05) is 0 Å². The Hall–Kier alpha value is -2.64. The van der Waals surface area contributed by atoms with E-state index in [1.54, 1.807) is 17.0 Å². The zero-order chi connectivity index (χ0) is 18.3. The van der Waals surface area contributed by atoms with Gasteiger partial charge in [0.2, 0.25) is 11.8 Å². The molecule has 0 unspecified atom stereocenters. The van der Waals surface area contributed by atoms with E-state index in [9.17, 15) is 18.8 Å². The number of carbonyl (C=O) groups excluding carboxylic acids is 3. The number of hydrogen-bond acceptors (Lipinski definition) is 5. The lowest BCUT2D eigenvalue weighted by Crippen LogP contribution is -2.49. The second-order valence-corrected chi connectivity index (χ2v) is 7.03. The summed E-state index contributed by atoms with van der Waals surface area (Å²) >= 11 is 0. The number of likely N-dealkylation sites (tertiary alicyclic amines) is 1. The second-order valence-electron chi connectivity index (χ2n) is 7.03. The van der Waals surface area contributed by atoms with E-state index in [1.165, 1.54) is 17.0 Å². The Balaban J connectivity index is 1.39. The Bertz CT molecular complexity index is 760. The minimum atomic E-state index is -0.656. The summed E-state index contributed by atoms with van der Waals surface area (Å²) in [7, 11) is 0. The number of nitrogens with zero attached hydrogens (tertiary/aromatic N) is 2. The predicted octanol–water partition coefficient (Wildman–Crippen LogP) is 1.71. The number of anilines is 1. The molecule has 0 bridgehead atoms. The maximum Gasteiger partial charge on any atom is 0.509 e. The molecule has 1 aromatic carbocycles. The molecule has 7 nitrogen and oxygen atoms in total. The minimum absolute atomic E-state index is 0.0858. The van der Waals surface area contributed by atoms with Crippen LogP contribution in [-0.2, 0) is 19.1 Å². The second kappa shape index (κ2) is 6.26. The van der Waals surface area contributed by atoms with Crippen molar-refractivity contribution in [2.75, 3.05) is 31.1 Å². The van der Waals surface area contributed by atoms with E-state index in [0.29, 0.717) is 31.6 Å². The van der Waals surface area contributed by atoms with E-state index in [0.717, 1.165) is 0 Å². The quantitative estimate of drug-likeness (QED) is 0.749. The summed E-state index contributed by atoms with van der Waals surface area (Å²) in [6.45, 7) is 1.39. The summed E-state index contributed by atoms with van der Waals surface area (Å²) in [4.78, 5) is 39.4. The predicted molar refractivity (Wildman–Crippen MR) is 87.8 cm³/mol. The van der Waals surface area contributed by atoms with Crippen molar-refractivity contribution in [3.05, 3.63) is 30.1 Å². The van der Waals surface area contributed by atoms with Crippen LogP contribution in [0.5, 0.6) is 0 Å². The minimum Gasteiger partial charge on any atom is -0.430 e. The first kappa shape index (κ1) is 16.8. The molecule has 2 amide bonds. The average Bonchev–Trinajstić information content (AvgIpc) is 3.18. The number of benzene rings is 1. The van der Waals surface area contributed by atoms with Gasteiger partial charge in [-0.05, 0) is 18.2 Å². The third kappa shape index (κ3) is 3.00. The molecule has 1 aromatic rings. The van der Waals surface area contributed by atoms with Crippen molar-refractivity contribution < 1.29 is 28.2 Å². The maximum absolute atomic E-state index is 13.4. The van der Waals surface area contributed by atoms with Gasteiger partial charge in [-0.25, -0.2) is 9.18 Å². The van der Waals surface area contributed by atoms with Gasteiger partial charge in [0.1, 0.15) is 12.4 Å². The molecule has 0 aliphatic carbocycles. The topological polar surface area (TPSA) is 76.2 Å². The van der Waals surface area contributed by atoms with Crippen molar-refractivity contribution in [2.45, 2.75) is 24.9 Å². The molecule has 26 heavy (non-hydrogen) atoms. The fourth-order valence-electron chi connectivity index (χ4n) is 3.83. The van der Waals surface area contributed by atoms with Crippen LogP contribution in [0.4, 0.5) is 14.9 Å². The smallest absolute Gasteiger partial charge is 0.430 e. The summed E-state index contributed by atoms with van der Waals surface area (Å²) in [5.41, 5.74) is -0.148. The summed E-state index contributed by atoms with van der Waals surface area (Å²) in [5, 5.41) is 0. The first-order valence-electron chi connectivity index (χ1n) is 8.66. The number of halogens is 1. The fourth-order valence-corrected chi connectivity index (χ4v) is 3.83. The molecule has 3 aliphatic heterocycles. The lowest BCUT2D eigenvalue weighted by atomic mass is 9.91. The van der Waals surface area contributed by atoms with E-state index < -0.39 is 23.5 Å². The molecule has 0 aromatic heterocycles. The Morgan fingerprint density at radius 3 is 2.65 bits per heavy atom. The molecule has 0 radical (unpaired) electrons. The number of rotatable bonds is 2. The van der Waals surface area contributed by atoms with Crippen molar-refractivity contribution in [3.63, 3.8) is 0 Å². The number of ether oxygens (including phenoxy) is 2. The monoisotopic (exact) mass is 362 g/mol. The van der Waals surface area contributed by atoms with Crippen LogP contribution in [0.25, 0.3) is 0 Å². The van der Waals surface area contributed by atoms with Gasteiger partial charge in [0.15, 0.2) is 5.60 Å². The third-order valence-electron chi connectivity index (χ3n) is 5.33. The van der Waals surface area contributed by atoms with E-state index in [-0.39, 0.29) is 31.4 Å². The van der Waals surface area contributed by atoms with E-state index in [2.05, 4.69) is 0 Å². The number of cyclic esters (lactones) is 1. The highest BCUT2D eigenvalue weighted by molar-refractivity contribution is 6.00. The SMILES string of the molecule is O=C1OCC2(CCN(C(=O)[C@H]3CC(=O)N(c4cccc(F)c4)C3)CC2)O1. The van der Waals surface area contributed by atoms with Crippen molar-refractivity contribution >= 4 is 23.7 Å². The molecule has 3 saturated heterocycles. The molecule has 3 heterocycles. The van der Waals surface area contributed by atoms with Crippen LogP contribution in [-0.4, -0.2) is 54.7 Å². The van der Waals surface area contributed by atoms with E-state index in [4.69, 9.17) is 9.47 Å². The standard InChI is InChI=1S/C18H19FN2O5/c19-13-2-1-3-14(9-13)21-10-12(8-15(21)22)16(23)20-6-4-18(5-7-20)11-25-17(24)26-18/h1-3,9,12H,4-8,10-11H2/t12-/m0/s1. The van der Waals surface area contributed by atoms with Gasteiger partial charge in [-0.2, -0.15) is 0 Å². The first-order chi connectivity index (χ1) is 12.5. The van der Waals surface area contributed by atoms with Crippen LogP contribution >= 0.6 is 0 Å². The Kier molecular flexibility index (Phi) is 4.05. The molecule has 0 saturated carbocycles. The Morgan fingerprint density at radius 2 is 2.00 bits per heavy atom. The van der Waals surface area contributed by atoms with Crippen LogP contribution in [0, 0.1) is 11.7 Å². The normalized spacial score (nSPS) is 24.7. The average molecular weight is 362 g/mol. The first-order valence-corrected chi connectivity index (χ1v) is 8.66. The molecule has 0 N–H and O–H groups in total. The number of hydrogen-bond donors (Lipinski definition) is 0. The van der Waals surface area contributed by atoms with Crippen LogP contribution < -0.4 is 4.90 Å². The van der Waals surface area contributed by atoms with Gasteiger partial charge in [0.05, 0.1) is 5.92 Å². The van der Waals surface area contributed by atoms with Gasteiger partial charge in [-0.15, -0.1) is 0 Å². The molecular formula is C18H19FN2O5. The highest BCUT2D eigenvalue weighted by atomic mass is 19.1. The molecule has 3 aliphatic rings. The molecule has 138 valence electrons. The summed E-state index contributed by atoms with van der Waals surface area (Å²) in [6.07, 6.45) is 0.518. The molecule has 3 fully saturated rings. The van der Waals surface area contributed by atoms with Crippen molar-refractivity contribution in [3.8, 4) is 0 Å². The summed E-state index contributed by atoms with van der Waals surface area (Å²) in [6, 6.07) is 5.81. The van der Waals surface area contributed by atoms with Crippen LogP contribution in [0.3, 0.4) is 0 Å². The van der Waals surface area contributed by atoms with Gasteiger partial charge < -0.3 is 19.3 Å². The van der Waals surface area contributed by atoms with Gasteiger partial charge in [-0.1, -0.05) is 6.07 Å². The fraction of sp³-hybridized carbons (Fsp3) is 0.500. The van der Waals surface area contributed by atoms with Crippen molar-refractivity contribution in [1.29, 1.82) is 0 Å². The van der Waals surface area contributed by atoms with Gasteiger partial charge in [-0.3, -0.25) is 9.59 Å². The molecule has 1 spiro atoms. The maximum atomic E-state index is 13.4. The third-order valence-corrected chi connectivity index (χ3v) is 5.33. The van der Waals surface area contributed by atoms with Gasteiger partial charge >= 0.3 is 6.16 Å². The van der Waals surface area contributed by atoms with Crippen molar-refractivity contribution in [2.24, 2.45) is 5.92 Å². The van der Waals surface area contributed by atoms with Crippen LogP contribution in [0.2, 0.25) is 0 Å². The van der Waals surface area contributed by atoms with Crippen LogP contribution in [0.1, 0.15) is 19.3 Å². The Labute approximate surface area is 149 Å². The van der Waals surface area contributed by atoms with Gasteiger partial charge in [0, 0.05) is 44.6 Å². The lowest BCUT2D eigenvalue weighted by molar-refractivity contribution is -0.139. The van der Waals surface area contributed by atoms with E-state index >= 15 is 0 Å². The highest BCUT2D eigenvalue weighted by Crippen LogP contribution is 2.33. The molecule has 8 heteroatoms. The summed E-state index contributed by atoms with van der Waals surface area (Å²) < 4.78 is 23.5. The zero-order valence-corrected chi connectivity index (χ0v) is 14.2. The molecular weight excluding hydrogens is 343 g/mol. The Morgan fingerprint density at radius 1 is 1.23 bits per heavy atom. The number of piperidine rings is 1. The highest BCUT2D eigenvalue weighted by Gasteiger charge is 2.46. The zero-order valence-electron chi connectivity index (χ0n) is 14.2. The van der Waals surface area contributed by atoms with Crippen molar-refractivity contribution in [1.82, 2.24) is 4.90 Å². The number of amides is 2. The lowest BCUT2D eigenvalue weighted by Gasteiger charge is -2.37.